The first-order chi connectivity index (χ1) is 12.8. The standard InChI is InChI=1S/C20H23N5O/c1-26-13-5-10-22-20-24-18(17-6-3-2-4-7-17)14-19(25-20)23-15-16-8-11-21-12-9-16/h2-4,6-9,11-12,14H,5,10,13,15H2,1H3,(H2,22,23,24,25). The van der Waals surface area contributed by atoms with Gasteiger partial charge in [-0.1, -0.05) is 30.3 Å². The molecule has 0 aliphatic heterocycles. The number of nitrogens with zero attached hydrogens (tertiary/aromatic N) is 3. The van der Waals surface area contributed by atoms with Crippen LogP contribution in [0.2, 0.25) is 0 Å². The second kappa shape index (κ2) is 9.48. The van der Waals surface area contributed by atoms with Crippen molar-refractivity contribution in [2.24, 2.45) is 0 Å². The van der Waals surface area contributed by atoms with Gasteiger partial charge in [-0.25, -0.2) is 4.98 Å². The van der Waals surface area contributed by atoms with Gasteiger partial charge in [-0.2, -0.15) is 4.98 Å². The van der Waals surface area contributed by atoms with Crippen molar-refractivity contribution in [1.29, 1.82) is 0 Å². The van der Waals surface area contributed by atoms with E-state index in [-0.39, 0.29) is 0 Å². The van der Waals surface area contributed by atoms with E-state index in [1.807, 2.05) is 48.5 Å². The van der Waals surface area contributed by atoms with Crippen LogP contribution in [0, 0.1) is 0 Å². The number of benzene rings is 1. The van der Waals surface area contributed by atoms with E-state index in [1.165, 1.54) is 0 Å². The first-order valence-electron chi connectivity index (χ1n) is 8.65. The molecule has 0 radical (unpaired) electrons. The van der Waals surface area contributed by atoms with Crippen LogP contribution in [-0.2, 0) is 11.3 Å². The molecule has 1 aromatic carbocycles. The van der Waals surface area contributed by atoms with E-state index in [2.05, 4.69) is 25.6 Å². The van der Waals surface area contributed by atoms with Gasteiger partial charge in [-0.15, -0.1) is 0 Å². The van der Waals surface area contributed by atoms with E-state index < -0.39 is 0 Å². The molecule has 26 heavy (non-hydrogen) atoms. The van der Waals surface area contributed by atoms with E-state index in [0.29, 0.717) is 19.1 Å². The summed E-state index contributed by atoms with van der Waals surface area (Å²) in [4.78, 5) is 13.3. The number of rotatable bonds is 9. The zero-order chi connectivity index (χ0) is 18.0. The molecule has 0 bridgehead atoms. The number of ether oxygens (including phenoxy) is 1. The van der Waals surface area contributed by atoms with Crippen LogP contribution in [0.15, 0.2) is 60.9 Å². The summed E-state index contributed by atoms with van der Waals surface area (Å²) in [5.41, 5.74) is 3.09. The molecule has 0 atom stereocenters. The Morgan fingerprint density at radius 2 is 1.77 bits per heavy atom. The summed E-state index contributed by atoms with van der Waals surface area (Å²) in [6, 6.07) is 16.0. The molecule has 0 aliphatic rings. The average molecular weight is 349 g/mol. The fourth-order valence-corrected chi connectivity index (χ4v) is 2.48. The number of hydrogen-bond acceptors (Lipinski definition) is 6. The Balaban J connectivity index is 1.77. The molecular formula is C20H23N5O. The predicted octanol–water partition coefficient (Wildman–Crippen LogP) is 3.60. The second-order valence-electron chi connectivity index (χ2n) is 5.81. The largest absolute Gasteiger partial charge is 0.385 e. The molecular weight excluding hydrogens is 326 g/mol. The number of anilines is 2. The summed E-state index contributed by atoms with van der Waals surface area (Å²) in [5.74, 6) is 1.39. The molecule has 3 rings (SSSR count). The molecule has 0 fully saturated rings. The summed E-state index contributed by atoms with van der Waals surface area (Å²) in [6.07, 6.45) is 4.47. The Hall–Kier alpha value is -2.99. The first-order valence-corrected chi connectivity index (χ1v) is 8.65. The predicted molar refractivity (Wildman–Crippen MR) is 104 cm³/mol. The molecule has 0 saturated carbocycles. The molecule has 2 aromatic heterocycles. The summed E-state index contributed by atoms with van der Waals surface area (Å²) < 4.78 is 5.09. The SMILES string of the molecule is COCCCNc1nc(NCc2ccncc2)cc(-c2ccccc2)n1. The maximum atomic E-state index is 5.09. The average Bonchev–Trinajstić information content (AvgIpc) is 2.71. The lowest BCUT2D eigenvalue weighted by Crippen LogP contribution is -2.10. The lowest BCUT2D eigenvalue weighted by molar-refractivity contribution is 0.197. The third-order valence-electron chi connectivity index (χ3n) is 3.83. The van der Waals surface area contributed by atoms with E-state index in [4.69, 9.17) is 4.74 Å². The molecule has 2 N–H and O–H groups in total. The third-order valence-corrected chi connectivity index (χ3v) is 3.83. The number of nitrogens with one attached hydrogen (secondary N) is 2. The van der Waals surface area contributed by atoms with Gasteiger partial charge in [0.15, 0.2) is 0 Å². The van der Waals surface area contributed by atoms with Crippen molar-refractivity contribution in [1.82, 2.24) is 15.0 Å². The van der Waals surface area contributed by atoms with E-state index in [1.54, 1.807) is 19.5 Å². The lowest BCUT2D eigenvalue weighted by atomic mass is 10.1. The Bertz CT molecular complexity index is 796. The Morgan fingerprint density at radius 1 is 0.962 bits per heavy atom. The Labute approximate surface area is 153 Å². The molecule has 0 unspecified atom stereocenters. The molecule has 0 spiro atoms. The van der Waals surface area contributed by atoms with Gasteiger partial charge in [0.25, 0.3) is 0 Å². The fourth-order valence-electron chi connectivity index (χ4n) is 2.48. The van der Waals surface area contributed by atoms with Gasteiger partial charge in [-0.05, 0) is 24.1 Å². The third kappa shape index (κ3) is 5.26. The minimum atomic E-state index is 0.611. The van der Waals surface area contributed by atoms with Crippen molar-refractivity contribution in [2.75, 3.05) is 30.9 Å². The quantitative estimate of drug-likeness (QED) is 0.575. The summed E-state index contributed by atoms with van der Waals surface area (Å²) in [5, 5.41) is 6.65. The summed E-state index contributed by atoms with van der Waals surface area (Å²) in [6.45, 7) is 2.14. The zero-order valence-corrected chi connectivity index (χ0v) is 14.9. The molecule has 6 heteroatoms. The van der Waals surface area contributed by atoms with Crippen LogP contribution in [0.4, 0.5) is 11.8 Å². The minimum Gasteiger partial charge on any atom is -0.385 e. The highest BCUT2D eigenvalue weighted by Gasteiger charge is 2.07. The van der Waals surface area contributed by atoms with Crippen molar-refractivity contribution < 1.29 is 4.74 Å². The van der Waals surface area contributed by atoms with Crippen molar-refractivity contribution >= 4 is 11.8 Å². The minimum absolute atomic E-state index is 0.611. The highest BCUT2D eigenvalue weighted by Crippen LogP contribution is 2.21. The summed E-state index contributed by atoms with van der Waals surface area (Å²) in [7, 11) is 1.70. The molecule has 134 valence electrons. The van der Waals surface area contributed by atoms with E-state index in [9.17, 15) is 0 Å². The van der Waals surface area contributed by atoms with Gasteiger partial charge in [0.05, 0.1) is 5.69 Å². The van der Waals surface area contributed by atoms with Crippen LogP contribution in [0.25, 0.3) is 11.3 Å². The van der Waals surface area contributed by atoms with E-state index in [0.717, 1.165) is 35.6 Å². The molecule has 0 saturated heterocycles. The first kappa shape index (κ1) is 17.8. The highest BCUT2D eigenvalue weighted by atomic mass is 16.5. The van der Waals surface area contributed by atoms with Crippen LogP contribution in [-0.4, -0.2) is 35.2 Å². The monoisotopic (exact) mass is 349 g/mol. The maximum absolute atomic E-state index is 5.09. The van der Waals surface area contributed by atoms with Crippen molar-refractivity contribution in [3.63, 3.8) is 0 Å². The normalized spacial score (nSPS) is 10.5. The number of hydrogen-bond donors (Lipinski definition) is 2. The van der Waals surface area contributed by atoms with Crippen molar-refractivity contribution in [2.45, 2.75) is 13.0 Å². The van der Waals surface area contributed by atoms with Crippen LogP contribution < -0.4 is 10.6 Å². The van der Waals surface area contributed by atoms with Crippen LogP contribution in [0.1, 0.15) is 12.0 Å². The van der Waals surface area contributed by atoms with Gasteiger partial charge >= 0.3 is 0 Å². The fraction of sp³-hybridized carbons (Fsp3) is 0.250. The molecule has 0 amide bonds. The van der Waals surface area contributed by atoms with Crippen LogP contribution >= 0.6 is 0 Å². The van der Waals surface area contributed by atoms with Crippen molar-refractivity contribution in [3.8, 4) is 11.3 Å². The van der Waals surface area contributed by atoms with Gasteiger partial charge in [0, 0.05) is 50.8 Å². The topological polar surface area (TPSA) is 72.0 Å². The molecule has 0 aliphatic carbocycles. The van der Waals surface area contributed by atoms with Gasteiger partial charge < -0.3 is 15.4 Å². The number of methoxy groups -OCH3 is 1. The van der Waals surface area contributed by atoms with E-state index >= 15 is 0 Å². The van der Waals surface area contributed by atoms with Crippen LogP contribution in [0.5, 0.6) is 0 Å². The van der Waals surface area contributed by atoms with Gasteiger partial charge in [0.2, 0.25) is 5.95 Å². The van der Waals surface area contributed by atoms with Crippen LogP contribution in [0.3, 0.4) is 0 Å². The molecule has 2 heterocycles. The van der Waals surface area contributed by atoms with Gasteiger partial charge in [0.1, 0.15) is 5.82 Å². The second-order valence-corrected chi connectivity index (χ2v) is 5.81. The summed E-state index contributed by atoms with van der Waals surface area (Å²) >= 11 is 0. The lowest BCUT2D eigenvalue weighted by Gasteiger charge is -2.11. The maximum Gasteiger partial charge on any atom is 0.225 e. The Morgan fingerprint density at radius 3 is 2.54 bits per heavy atom. The number of pyridine rings is 1. The zero-order valence-electron chi connectivity index (χ0n) is 14.9. The molecule has 6 nitrogen and oxygen atoms in total. The van der Waals surface area contributed by atoms with Gasteiger partial charge in [-0.3, -0.25) is 4.98 Å². The Kier molecular flexibility index (Phi) is 6.50. The number of aromatic nitrogens is 3. The van der Waals surface area contributed by atoms with Crippen molar-refractivity contribution in [3.05, 3.63) is 66.5 Å². The molecule has 3 aromatic rings. The highest BCUT2D eigenvalue weighted by molar-refractivity contribution is 5.64. The smallest absolute Gasteiger partial charge is 0.225 e.